The van der Waals surface area contributed by atoms with Crippen molar-refractivity contribution < 1.29 is 14.3 Å². The number of fused-ring (bicyclic) bond motifs is 1. The minimum absolute atomic E-state index is 0.164. The zero-order chi connectivity index (χ0) is 23.5. The molecule has 1 amide bonds. The van der Waals surface area contributed by atoms with Gasteiger partial charge in [-0.05, 0) is 29.3 Å². The SMILES string of the molecule is COc1cc(CNC(=O)c2cc3c(=O)n(Cc4ccccc4)c(=O)n(C)c3s2)cc(OC)c1. The third-order valence-corrected chi connectivity index (χ3v) is 6.49. The molecule has 1 N–H and O–H groups in total. The molecule has 0 saturated carbocycles. The lowest BCUT2D eigenvalue weighted by molar-refractivity contribution is 0.0955. The smallest absolute Gasteiger partial charge is 0.332 e. The van der Waals surface area contributed by atoms with Crippen molar-refractivity contribution >= 4 is 27.5 Å². The fraction of sp³-hybridized carbons (Fsp3) is 0.208. The maximum atomic E-state index is 13.1. The summed E-state index contributed by atoms with van der Waals surface area (Å²) in [7, 11) is 4.72. The molecule has 8 nitrogen and oxygen atoms in total. The predicted octanol–water partition coefficient (Wildman–Crippen LogP) is 2.76. The number of aromatic nitrogens is 2. The van der Waals surface area contributed by atoms with Crippen molar-refractivity contribution in [3.63, 3.8) is 0 Å². The molecule has 0 unspecified atom stereocenters. The van der Waals surface area contributed by atoms with E-state index in [0.717, 1.165) is 22.5 Å². The van der Waals surface area contributed by atoms with Crippen molar-refractivity contribution in [1.82, 2.24) is 14.5 Å². The largest absolute Gasteiger partial charge is 0.497 e. The van der Waals surface area contributed by atoms with E-state index in [9.17, 15) is 14.4 Å². The molecule has 2 aromatic carbocycles. The Labute approximate surface area is 193 Å². The topological polar surface area (TPSA) is 91.6 Å². The number of thiophene rings is 1. The molecule has 0 fully saturated rings. The Hall–Kier alpha value is -3.85. The maximum Gasteiger partial charge on any atom is 0.332 e. The molecule has 9 heteroatoms. The highest BCUT2D eigenvalue weighted by atomic mass is 32.1. The first-order chi connectivity index (χ1) is 15.9. The van der Waals surface area contributed by atoms with E-state index in [4.69, 9.17) is 9.47 Å². The van der Waals surface area contributed by atoms with Gasteiger partial charge in [-0.15, -0.1) is 11.3 Å². The molecular weight excluding hydrogens is 442 g/mol. The maximum absolute atomic E-state index is 13.1. The van der Waals surface area contributed by atoms with Crippen LogP contribution in [0.5, 0.6) is 11.5 Å². The first kappa shape index (κ1) is 22.3. The lowest BCUT2D eigenvalue weighted by Crippen LogP contribution is -2.38. The number of nitrogens with zero attached hydrogens (tertiary/aromatic N) is 2. The van der Waals surface area contributed by atoms with Crippen LogP contribution in [0, 0.1) is 0 Å². The fourth-order valence-electron chi connectivity index (χ4n) is 3.54. The number of aryl methyl sites for hydroxylation is 1. The molecule has 33 heavy (non-hydrogen) atoms. The van der Waals surface area contributed by atoms with Crippen LogP contribution in [0.2, 0.25) is 0 Å². The predicted molar refractivity (Wildman–Crippen MR) is 128 cm³/mol. The molecule has 0 aliphatic rings. The van der Waals surface area contributed by atoms with Gasteiger partial charge in [0, 0.05) is 19.7 Å². The Morgan fingerprint density at radius 3 is 2.27 bits per heavy atom. The fourth-order valence-corrected chi connectivity index (χ4v) is 4.56. The van der Waals surface area contributed by atoms with E-state index >= 15 is 0 Å². The van der Waals surface area contributed by atoms with E-state index in [2.05, 4.69) is 5.32 Å². The highest BCUT2D eigenvalue weighted by molar-refractivity contribution is 7.20. The molecule has 0 bridgehead atoms. The quantitative estimate of drug-likeness (QED) is 0.453. The minimum atomic E-state index is -0.423. The van der Waals surface area contributed by atoms with Gasteiger partial charge in [0.1, 0.15) is 16.3 Å². The number of hydrogen-bond donors (Lipinski definition) is 1. The molecular formula is C24H23N3O5S. The number of benzene rings is 2. The van der Waals surface area contributed by atoms with Crippen LogP contribution in [0.4, 0.5) is 0 Å². The van der Waals surface area contributed by atoms with Gasteiger partial charge in [-0.1, -0.05) is 30.3 Å². The Morgan fingerprint density at radius 1 is 0.970 bits per heavy atom. The average molecular weight is 466 g/mol. The average Bonchev–Trinajstić information content (AvgIpc) is 3.30. The van der Waals surface area contributed by atoms with E-state index in [1.54, 1.807) is 45.5 Å². The van der Waals surface area contributed by atoms with Crippen LogP contribution in [-0.4, -0.2) is 29.3 Å². The monoisotopic (exact) mass is 465 g/mol. The molecule has 0 atom stereocenters. The van der Waals surface area contributed by atoms with Crippen molar-refractivity contribution in [3.8, 4) is 11.5 Å². The van der Waals surface area contributed by atoms with E-state index in [1.165, 1.54) is 9.13 Å². The lowest BCUT2D eigenvalue weighted by atomic mass is 10.2. The second kappa shape index (κ2) is 9.33. The van der Waals surface area contributed by atoms with Crippen LogP contribution in [-0.2, 0) is 20.1 Å². The number of amides is 1. The number of nitrogens with one attached hydrogen (secondary N) is 1. The zero-order valence-electron chi connectivity index (χ0n) is 18.5. The van der Waals surface area contributed by atoms with Gasteiger partial charge >= 0.3 is 5.69 Å². The normalized spacial score (nSPS) is 10.9. The summed E-state index contributed by atoms with van der Waals surface area (Å²) >= 11 is 1.11. The van der Waals surface area contributed by atoms with Gasteiger partial charge in [0.2, 0.25) is 0 Å². The second-order valence-electron chi connectivity index (χ2n) is 7.45. The third-order valence-electron chi connectivity index (χ3n) is 5.28. The van der Waals surface area contributed by atoms with Crippen LogP contribution in [0.3, 0.4) is 0 Å². The highest BCUT2D eigenvalue weighted by Gasteiger charge is 2.18. The van der Waals surface area contributed by atoms with E-state index in [-0.39, 0.29) is 19.0 Å². The van der Waals surface area contributed by atoms with Crippen molar-refractivity contribution in [3.05, 3.63) is 91.4 Å². The second-order valence-corrected chi connectivity index (χ2v) is 8.48. The minimum Gasteiger partial charge on any atom is -0.497 e. The van der Waals surface area contributed by atoms with E-state index < -0.39 is 11.2 Å². The van der Waals surface area contributed by atoms with Gasteiger partial charge < -0.3 is 14.8 Å². The first-order valence-corrected chi connectivity index (χ1v) is 11.0. The van der Waals surface area contributed by atoms with Crippen molar-refractivity contribution in [1.29, 1.82) is 0 Å². The number of methoxy groups -OCH3 is 2. The number of hydrogen-bond acceptors (Lipinski definition) is 6. The molecule has 4 aromatic rings. The summed E-state index contributed by atoms with van der Waals surface area (Å²) < 4.78 is 13.1. The van der Waals surface area contributed by atoms with E-state index in [1.807, 2.05) is 30.3 Å². The Kier molecular flexibility index (Phi) is 6.32. The van der Waals surface area contributed by atoms with Gasteiger partial charge in [0.15, 0.2) is 0 Å². The summed E-state index contributed by atoms with van der Waals surface area (Å²) in [6, 6.07) is 16.2. The Morgan fingerprint density at radius 2 is 1.64 bits per heavy atom. The van der Waals surface area contributed by atoms with Crippen LogP contribution >= 0.6 is 11.3 Å². The molecule has 2 heterocycles. The van der Waals surface area contributed by atoms with Gasteiger partial charge in [-0.25, -0.2) is 4.79 Å². The molecule has 0 saturated heterocycles. The summed E-state index contributed by atoms with van der Waals surface area (Å²) in [4.78, 5) is 39.5. The highest BCUT2D eigenvalue weighted by Crippen LogP contribution is 2.24. The molecule has 0 aliphatic heterocycles. The Balaban J connectivity index is 1.62. The lowest BCUT2D eigenvalue weighted by Gasteiger charge is -2.09. The standard InChI is InChI=1S/C24H23N3O5S/c1-26-23-19(22(29)27(24(26)30)14-15-7-5-4-6-8-15)12-20(33-23)21(28)25-13-16-9-17(31-2)11-18(10-16)32-3/h4-12H,13-14H2,1-3H3,(H,25,28). The van der Waals surface area contributed by atoms with Crippen LogP contribution in [0.1, 0.15) is 20.8 Å². The number of carbonyl (C=O) groups excluding carboxylic acids is 1. The number of rotatable bonds is 7. The molecule has 0 spiro atoms. The molecule has 4 rings (SSSR count). The third kappa shape index (κ3) is 4.54. The van der Waals surface area contributed by atoms with Crippen molar-refractivity contribution in [2.45, 2.75) is 13.1 Å². The van der Waals surface area contributed by atoms with Gasteiger partial charge in [0.25, 0.3) is 11.5 Å². The van der Waals surface area contributed by atoms with Crippen molar-refractivity contribution in [2.24, 2.45) is 7.05 Å². The van der Waals surface area contributed by atoms with Crippen molar-refractivity contribution in [2.75, 3.05) is 14.2 Å². The summed E-state index contributed by atoms with van der Waals surface area (Å²) in [5.41, 5.74) is 0.815. The summed E-state index contributed by atoms with van der Waals surface area (Å²) in [5, 5.41) is 3.19. The molecule has 2 aromatic heterocycles. The first-order valence-electron chi connectivity index (χ1n) is 10.2. The van der Waals surface area contributed by atoms with Gasteiger partial charge in [-0.2, -0.15) is 0 Å². The summed E-state index contributed by atoms with van der Waals surface area (Å²) in [5.74, 6) is 0.906. The molecule has 170 valence electrons. The van der Waals surface area contributed by atoms with E-state index in [0.29, 0.717) is 26.6 Å². The van der Waals surface area contributed by atoms with Crippen LogP contribution < -0.4 is 26.0 Å². The zero-order valence-corrected chi connectivity index (χ0v) is 19.3. The molecule has 0 radical (unpaired) electrons. The van der Waals surface area contributed by atoms with Crippen LogP contribution in [0.25, 0.3) is 10.2 Å². The Bertz CT molecular complexity index is 1410. The number of ether oxygens (including phenoxy) is 2. The van der Waals surface area contributed by atoms with Gasteiger partial charge in [0.05, 0.1) is 31.0 Å². The van der Waals surface area contributed by atoms with Gasteiger partial charge in [-0.3, -0.25) is 18.7 Å². The molecule has 0 aliphatic carbocycles. The summed E-state index contributed by atoms with van der Waals surface area (Å²) in [6.07, 6.45) is 0. The number of carbonyl (C=O) groups is 1. The van der Waals surface area contributed by atoms with Crippen LogP contribution in [0.15, 0.2) is 64.2 Å². The summed E-state index contributed by atoms with van der Waals surface area (Å²) in [6.45, 7) is 0.412.